The van der Waals surface area contributed by atoms with E-state index in [-0.39, 0.29) is 12.5 Å². The minimum Gasteiger partial charge on any atom is -0.482 e. The molecule has 1 aromatic carbocycles. The summed E-state index contributed by atoms with van der Waals surface area (Å²) in [7, 11) is 0. The van der Waals surface area contributed by atoms with Crippen LogP contribution in [0.15, 0.2) is 18.2 Å². The molecular weight excluding hydrogens is 292 g/mol. The first kappa shape index (κ1) is 15.0. The second-order valence-electron chi connectivity index (χ2n) is 6.93. The molecule has 1 saturated heterocycles. The van der Waals surface area contributed by atoms with Crippen LogP contribution in [0, 0.1) is 11.8 Å². The highest BCUT2D eigenvalue weighted by Crippen LogP contribution is 2.35. The molecule has 0 radical (unpaired) electrons. The van der Waals surface area contributed by atoms with Crippen LogP contribution in [-0.4, -0.2) is 43.7 Å². The Kier molecular flexibility index (Phi) is 4.23. The van der Waals surface area contributed by atoms with Crippen molar-refractivity contribution >= 4 is 11.6 Å². The predicted octanol–water partition coefficient (Wildman–Crippen LogP) is 2.27. The monoisotopic (exact) mass is 316 g/mol. The average Bonchev–Trinajstić information content (AvgIpc) is 2.70. The second-order valence-corrected chi connectivity index (χ2v) is 6.93. The van der Waals surface area contributed by atoms with Gasteiger partial charge in [0.05, 0.1) is 18.9 Å². The summed E-state index contributed by atoms with van der Waals surface area (Å²) >= 11 is 0. The van der Waals surface area contributed by atoms with Gasteiger partial charge in [-0.15, -0.1) is 0 Å². The highest BCUT2D eigenvalue weighted by atomic mass is 16.5. The molecule has 5 nitrogen and oxygen atoms in total. The van der Waals surface area contributed by atoms with Crippen molar-refractivity contribution in [2.75, 3.05) is 38.2 Å². The van der Waals surface area contributed by atoms with Crippen molar-refractivity contribution in [2.45, 2.75) is 25.8 Å². The molecule has 1 saturated carbocycles. The number of ether oxygens (including phenoxy) is 2. The third-order valence-corrected chi connectivity index (χ3v) is 5.28. The topological polar surface area (TPSA) is 50.8 Å². The van der Waals surface area contributed by atoms with E-state index in [0.29, 0.717) is 5.92 Å². The number of benzene rings is 1. The smallest absolute Gasteiger partial charge is 0.262 e. The Morgan fingerprint density at radius 2 is 2.17 bits per heavy atom. The van der Waals surface area contributed by atoms with Gasteiger partial charge in [-0.3, -0.25) is 9.69 Å². The molecule has 0 bridgehead atoms. The van der Waals surface area contributed by atoms with Crippen LogP contribution >= 0.6 is 0 Å². The van der Waals surface area contributed by atoms with Gasteiger partial charge in [-0.05, 0) is 29.5 Å². The maximum atomic E-state index is 11.5. The summed E-state index contributed by atoms with van der Waals surface area (Å²) in [5.74, 6) is 2.21. The molecule has 1 N–H and O–H groups in total. The van der Waals surface area contributed by atoms with Gasteiger partial charge in [0.1, 0.15) is 5.75 Å². The lowest BCUT2D eigenvalue weighted by Gasteiger charge is -2.35. The Morgan fingerprint density at radius 3 is 3.00 bits per heavy atom. The fourth-order valence-electron chi connectivity index (χ4n) is 3.73. The number of hydrogen-bond donors (Lipinski definition) is 1. The number of hydrogen-bond acceptors (Lipinski definition) is 4. The maximum absolute atomic E-state index is 11.5. The molecule has 2 aliphatic heterocycles. The largest absolute Gasteiger partial charge is 0.482 e. The van der Waals surface area contributed by atoms with E-state index in [1.165, 1.54) is 24.8 Å². The Bertz CT molecular complexity index is 586. The van der Waals surface area contributed by atoms with Crippen LogP contribution in [0.2, 0.25) is 0 Å². The van der Waals surface area contributed by atoms with E-state index in [2.05, 4.69) is 16.3 Å². The molecule has 1 unspecified atom stereocenters. The number of anilines is 1. The summed E-state index contributed by atoms with van der Waals surface area (Å²) in [5.41, 5.74) is 2.00. The Hall–Kier alpha value is -1.59. The molecule has 1 aromatic rings. The fraction of sp³-hybridized carbons (Fsp3) is 0.611. The fourth-order valence-corrected chi connectivity index (χ4v) is 3.73. The maximum Gasteiger partial charge on any atom is 0.262 e. The number of amides is 1. The highest BCUT2D eigenvalue weighted by Gasteiger charge is 2.30. The van der Waals surface area contributed by atoms with Crippen molar-refractivity contribution in [2.24, 2.45) is 11.8 Å². The molecule has 2 heterocycles. The van der Waals surface area contributed by atoms with E-state index >= 15 is 0 Å². The van der Waals surface area contributed by atoms with Gasteiger partial charge in [-0.25, -0.2) is 0 Å². The summed E-state index contributed by atoms with van der Waals surface area (Å²) in [5, 5.41) is 2.89. The molecule has 23 heavy (non-hydrogen) atoms. The molecular formula is C18H24N2O3. The summed E-state index contributed by atoms with van der Waals surface area (Å²) in [4.78, 5) is 14.0. The number of carbonyl (C=O) groups is 1. The highest BCUT2D eigenvalue weighted by molar-refractivity contribution is 5.95. The molecule has 0 aromatic heterocycles. The minimum absolute atomic E-state index is 0.0807. The number of fused-ring (bicyclic) bond motifs is 1. The summed E-state index contributed by atoms with van der Waals surface area (Å²) < 4.78 is 11.2. The van der Waals surface area contributed by atoms with Crippen molar-refractivity contribution in [1.29, 1.82) is 0 Å². The predicted molar refractivity (Wildman–Crippen MR) is 87.5 cm³/mol. The van der Waals surface area contributed by atoms with Gasteiger partial charge in [0.15, 0.2) is 6.61 Å². The molecule has 2 fully saturated rings. The molecule has 5 heteroatoms. The summed E-state index contributed by atoms with van der Waals surface area (Å²) in [6.45, 7) is 4.83. The minimum atomic E-state index is -0.0807. The molecule has 124 valence electrons. The number of nitrogens with one attached hydrogen (secondary N) is 1. The molecule has 1 aliphatic carbocycles. The van der Waals surface area contributed by atoms with Gasteiger partial charge in [-0.1, -0.05) is 25.3 Å². The van der Waals surface area contributed by atoms with E-state index < -0.39 is 0 Å². The van der Waals surface area contributed by atoms with Gasteiger partial charge in [-0.2, -0.15) is 0 Å². The Balaban J connectivity index is 1.44. The molecule has 0 spiro atoms. The van der Waals surface area contributed by atoms with Gasteiger partial charge in [0, 0.05) is 19.6 Å². The zero-order valence-corrected chi connectivity index (χ0v) is 13.4. The lowest BCUT2D eigenvalue weighted by atomic mass is 9.76. The number of rotatable bonds is 3. The third kappa shape index (κ3) is 3.35. The van der Waals surface area contributed by atoms with Crippen LogP contribution in [-0.2, 0) is 16.1 Å². The van der Waals surface area contributed by atoms with E-state index in [0.717, 1.165) is 50.2 Å². The van der Waals surface area contributed by atoms with Crippen LogP contribution in [0.1, 0.15) is 24.8 Å². The quantitative estimate of drug-likeness (QED) is 0.929. The van der Waals surface area contributed by atoms with Crippen LogP contribution in [0.3, 0.4) is 0 Å². The van der Waals surface area contributed by atoms with Gasteiger partial charge in [0.25, 0.3) is 5.91 Å². The standard InChI is InChI=1S/C18H24N2O3/c21-18-12-23-17-5-4-13(8-16(17)19-18)9-20-6-7-22-11-15(10-20)14-2-1-3-14/h4-5,8,14-15H,1-3,6-7,9-12H2,(H,19,21). The van der Waals surface area contributed by atoms with Crippen LogP contribution < -0.4 is 10.1 Å². The van der Waals surface area contributed by atoms with E-state index in [1.54, 1.807) is 0 Å². The van der Waals surface area contributed by atoms with Gasteiger partial charge >= 0.3 is 0 Å². The van der Waals surface area contributed by atoms with Crippen molar-refractivity contribution < 1.29 is 14.3 Å². The first-order chi connectivity index (χ1) is 11.3. The summed E-state index contributed by atoms with van der Waals surface area (Å²) in [6, 6.07) is 6.10. The van der Waals surface area contributed by atoms with E-state index in [9.17, 15) is 4.79 Å². The second kappa shape index (κ2) is 6.49. The molecule has 4 rings (SSSR count). The van der Waals surface area contributed by atoms with Crippen LogP contribution in [0.5, 0.6) is 5.75 Å². The zero-order chi connectivity index (χ0) is 15.6. The molecule has 1 atom stereocenters. The number of carbonyl (C=O) groups excluding carboxylic acids is 1. The molecule has 1 amide bonds. The molecule has 3 aliphatic rings. The van der Waals surface area contributed by atoms with Gasteiger partial charge < -0.3 is 14.8 Å². The lowest BCUT2D eigenvalue weighted by Crippen LogP contribution is -2.35. The van der Waals surface area contributed by atoms with Crippen molar-refractivity contribution in [1.82, 2.24) is 4.90 Å². The van der Waals surface area contributed by atoms with Gasteiger partial charge in [0.2, 0.25) is 0 Å². The average molecular weight is 316 g/mol. The third-order valence-electron chi connectivity index (χ3n) is 5.28. The van der Waals surface area contributed by atoms with Crippen molar-refractivity contribution in [3.05, 3.63) is 23.8 Å². The van der Waals surface area contributed by atoms with Crippen LogP contribution in [0.4, 0.5) is 5.69 Å². The first-order valence-corrected chi connectivity index (χ1v) is 8.63. The SMILES string of the molecule is O=C1COc2ccc(CN3CCOCC(C4CCC4)C3)cc2N1. The Labute approximate surface area is 136 Å². The Morgan fingerprint density at radius 1 is 1.26 bits per heavy atom. The zero-order valence-electron chi connectivity index (χ0n) is 13.4. The van der Waals surface area contributed by atoms with Crippen LogP contribution in [0.25, 0.3) is 0 Å². The summed E-state index contributed by atoms with van der Waals surface area (Å²) in [6.07, 6.45) is 4.11. The van der Waals surface area contributed by atoms with E-state index in [1.807, 2.05) is 12.1 Å². The lowest BCUT2D eigenvalue weighted by molar-refractivity contribution is -0.118. The van der Waals surface area contributed by atoms with Crippen molar-refractivity contribution in [3.8, 4) is 5.75 Å². The normalized spacial score (nSPS) is 25.7. The van der Waals surface area contributed by atoms with E-state index in [4.69, 9.17) is 9.47 Å². The first-order valence-electron chi connectivity index (χ1n) is 8.63. The van der Waals surface area contributed by atoms with Crippen molar-refractivity contribution in [3.63, 3.8) is 0 Å². The number of nitrogens with zero attached hydrogens (tertiary/aromatic N) is 1.